The van der Waals surface area contributed by atoms with Gasteiger partial charge in [0.15, 0.2) is 63.4 Å². The second kappa shape index (κ2) is 29.1. The van der Waals surface area contributed by atoms with Crippen molar-refractivity contribution in [3.8, 4) is 11.5 Å². The number of piperazine rings is 2. The number of aryl methyl sites for hydroxylation is 2. The third-order valence-electron chi connectivity index (χ3n) is 30.0. The fraction of sp³-hybridized carbons (Fsp3) is 0.632. The van der Waals surface area contributed by atoms with Crippen LogP contribution in [0.2, 0.25) is 0 Å². The number of aliphatic hydroxyl groups excluding tert-OH is 3. The smallest absolute Gasteiger partial charge is 0.341 e. The van der Waals surface area contributed by atoms with Crippen LogP contribution in [0.15, 0.2) is 57.2 Å². The second-order valence-electron chi connectivity index (χ2n) is 36.0. The van der Waals surface area contributed by atoms with E-state index in [0.717, 1.165) is 25.7 Å². The number of carboxylic acid groups (broad SMARTS) is 1. The van der Waals surface area contributed by atoms with E-state index in [4.69, 9.17) is 14.2 Å². The van der Waals surface area contributed by atoms with Gasteiger partial charge in [-0.05, 0) is 180 Å². The molecule has 10 fully saturated rings. The number of carbonyl (C=O) groups is 6. The van der Waals surface area contributed by atoms with Gasteiger partial charge < -0.3 is 74.4 Å². The van der Waals surface area contributed by atoms with Crippen LogP contribution in [-0.4, -0.2) is 195 Å². The Morgan fingerprint density at radius 1 is 0.579 bits per heavy atom. The quantitative estimate of drug-likeness (QED) is 0.0405. The lowest BCUT2D eigenvalue weighted by atomic mass is 9.44. The molecule has 0 radical (unpaired) electrons. The summed E-state index contributed by atoms with van der Waals surface area (Å²) < 4.78 is 87.7. The largest absolute Gasteiger partial charge is 0.492 e. The van der Waals surface area contributed by atoms with E-state index >= 15 is 17.6 Å². The van der Waals surface area contributed by atoms with Crippen molar-refractivity contribution in [2.24, 2.45) is 57.2 Å². The van der Waals surface area contributed by atoms with E-state index in [0.29, 0.717) is 128 Å². The summed E-state index contributed by atoms with van der Waals surface area (Å²) in [4.78, 5) is 108. The van der Waals surface area contributed by atoms with E-state index in [1.165, 1.54) is 38.5 Å². The third-order valence-corrected chi connectivity index (χ3v) is 30.0. The zero-order valence-electron chi connectivity index (χ0n) is 67.7. The molecule has 114 heavy (non-hydrogen) atoms. The number of alkyl halides is 2. The number of hydrogen-bond acceptors (Lipinski definition) is 20. The average molecular weight is 1590 g/mol. The molecule has 23 nitrogen and oxygen atoms in total. The Bertz CT molecular complexity index is 5010. The first kappa shape index (κ1) is 82.8. The van der Waals surface area contributed by atoms with Crippen molar-refractivity contribution in [1.82, 2.24) is 19.8 Å². The zero-order valence-corrected chi connectivity index (χ0v) is 67.7. The fourth-order valence-electron chi connectivity index (χ4n) is 24.0. The van der Waals surface area contributed by atoms with E-state index < -0.39 is 152 Å². The van der Waals surface area contributed by atoms with Crippen molar-refractivity contribution in [1.29, 1.82) is 0 Å². The average Bonchev–Trinajstić information content (AvgIpc) is 1.40. The second-order valence-corrected chi connectivity index (χ2v) is 36.0. The van der Waals surface area contributed by atoms with Crippen molar-refractivity contribution >= 4 is 68.1 Å². The van der Waals surface area contributed by atoms with Crippen LogP contribution in [0.5, 0.6) is 11.5 Å². The maximum atomic E-state index is 17.6. The molecule has 8 saturated carbocycles. The molecule has 2 aromatic heterocycles. The molecule has 618 valence electrons. The van der Waals surface area contributed by atoms with Gasteiger partial charge in [-0.2, -0.15) is 0 Å². The van der Waals surface area contributed by atoms with Gasteiger partial charge in [0.25, 0.3) is 0 Å². The highest BCUT2D eigenvalue weighted by atomic mass is 19.2. The number of ether oxygens (including phenoxy) is 3. The Labute approximate surface area is 660 Å². The molecule has 8 N–H and O–H groups in total. The number of halogens is 4. The molecule has 2 aliphatic heterocycles. The van der Waals surface area contributed by atoms with Gasteiger partial charge in [-0.3, -0.25) is 33.6 Å². The van der Waals surface area contributed by atoms with Crippen LogP contribution in [0, 0.1) is 96.5 Å². The number of allylic oxidation sites excluding steroid dienone is 8. The van der Waals surface area contributed by atoms with Crippen LogP contribution in [-0.2, 0) is 23.9 Å². The lowest BCUT2D eigenvalue weighted by molar-refractivity contribution is -0.219. The van der Waals surface area contributed by atoms with Crippen LogP contribution in [0.3, 0.4) is 0 Å². The molecular formula is C87H110F4N6O17. The summed E-state index contributed by atoms with van der Waals surface area (Å²) in [6.45, 7) is 22.6. The van der Waals surface area contributed by atoms with Crippen LogP contribution >= 0.6 is 0 Å². The number of benzene rings is 2. The number of rotatable bonds is 15. The number of carboxylic acids is 1. The van der Waals surface area contributed by atoms with Gasteiger partial charge in [-0.15, -0.1) is 0 Å². The number of nitrogens with one attached hydrogen (secondary N) is 2. The molecule has 27 heteroatoms. The minimum Gasteiger partial charge on any atom is -0.492 e. The summed E-state index contributed by atoms with van der Waals surface area (Å²) in [7, 11) is 2.93. The molecule has 2 aromatic carbocycles. The van der Waals surface area contributed by atoms with Gasteiger partial charge in [0.05, 0.1) is 53.8 Å². The molecule has 10 aliphatic carbocycles. The van der Waals surface area contributed by atoms with E-state index in [1.54, 1.807) is 81.4 Å². The highest BCUT2D eigenvalue weighted by Crippen LogP contribution is 2.73. The minimum absolute atomic E-state index is 0.0256. The number of fused-ring (bicyclic) bond motifs is 12. The van der Waals surface area contributed by atoms with Crippen molar-refractivity contribution < 1.29 is 91.2 Å². The molecule has 16 rings (SSSR count). The number of pyridine rings is 2. The first-order chi connectivity index (χ1) is 53.6. The van der Waals surface area contributed by atoms with E-state index in [9.17, 15) is 69.0 Å². The van der Waals surface area contributed by atoms with E-state index in [1.807, 2.05) is 32.8 Å². The van der Waals surface area contributed by atoms with Crippen molar-refractivity contribution in [3.63, 3.8) is 0 Å². The van der Waals surface area contributed by atoms with Crippen molar-refractivity contribution in [2.45, 2.75) is 219 Å². The topological polar surface area (TPSA) is 326 Å². The van der Waals surface area contributed by atoms with Crippen LogP contribution in [0.1, 0.15) is 188 Å². The number of carbonyl (C=O) groups excluding carboxylic acids is 5. The summed E-state index contributed by atoms with van der Waals surface area (Å²) in [6, 6.07) is 0.358. The normalized spacial score (nSPS) is 36.0. The number of anilines is 2. The summed E-state index contributed by atoms with van der Waals surface area (Å²) >= 11 is 0. The summed E-state index contributed by atoms with van der Waals surface area (Å²) in [6.07, 6.45) is 11.6. The Balaban J connectivity index is 0.000000157. The number of aliphatic hydroxyl groups is 5. The molecule has 4 aromatic rings. The van der Waals surface area contributed by atoms with Gasteiger partial charge in [0.1, 0.15) is 48.0 Å². The first-order valence-electron chi connectivity index (χ1n) is 40.6. The lowest BCUT2D eigenvalue weighted by Crippen LogP contribution is -2.69. The standard InChI is InChI=1S/C44H55F2N3O8.C22H29FO5.C21H26FN3O4/c1-22-16-30-29-11-8-26-17-28(50)12-13-41(26,5)43(29,46)32(52)18-42(30,6)44(22,55)33(53)21-57-20-31(51)35-25(4)49(27-9-10-27)37-34(39(35)54)24(3)36(45)38(40(37)56-7)48-15-14-47-23(2)19-48;1-12-8-16-15-5-4-13-9-14(25)6-7-19(13,2)21(15,23)17(26)10-20(16,3)22(12,28)18(27)11-24;1-10-9-24(8-7-23-10)18-16(22)11(2)14-17(20(18)29-4)25(13-5-6-13)12(3)15(19(14)26)21(27)28/h12-13,17,22-23,27,29-30,32,47,52,55H,8-11,14-16,18-21H2,1-7H3;6-7,9,12,15-17,24,26,28H,4-5,8,10-11H2,1-3H3;10,13,23H,5-9H2,1-4H3,(H,27,28)/t22-,23?,29-,30-,32-,41-,42-,43-,44-;12-,15-,16-,17-,19-,20-,21-,22-;/m00./s1. The molecule has 18 atom stereocenters. The van der Waals surface area contributed by atoms with Crippen molar-refractivity contribution in [2.75, 3.05) is 83.1 Å². The van der Waals surface area contributed by atoms with Gasteiger partial charge in [0, 0.05) is 119 Å². The van der Waals surface area contributed by atoms with Gasteiger partial charge in [0.2, 0.25) is 10.9 Å². The number of hydrogen-bond donors (Lipinski definition) is 8. The maximum absolute atomic E-state index is 17.6. The van der Waals surface area contributed by atoms with Crippen LogP contribution < -0.4 is 40.8 Å². The SMILES string of the molecule is COc1c(N2CCNC(C)C2)c(F)c(C)c2c(=O)c(C(=O)COCC(=O)[C@@]3(O)[C@@H](C)C[C@H]4[C@@H]5CCC6=CC(=O)C=C[C@]6(C)[C@@]5(F)[C@@H](O)C[C@@]43C)c(C)n(C3CC3)c12.COc1c(N2CCNC(C)C2)c(F)c(C)c2c(=O)c(C(=O)O)c(C)n(C3CC3)c12.C[C@H]1C[C@H]2[C@@H]3CCC4=CC(=O)C=C[C@]4(C)[C@@]3(F)[C@@H](O)C[C@]2(C)[C@@]1(O)C(=O)CO. The zero-order chi connectivity index (χ0) is 82.9. The number of ketones is 5. The molecule has 12 aliphatic rings. The Kier molecular flexibility index (Phi) is 21.1. The molecular weight excluding hydrogens is 1480 g/mol. The number of methoxy groups -OCH3 is 2. The summed E-state index contributed by atoms with van der Waals surface area (Å²) in [5.74, 6) is -7.28. The number of aromatic nitrogens is 2. The molecule has 0 amide bonds. The molecule has 0 bridgehead atoms. The van der Waals surface area contributed by atoms with Gasteiger partial charge >= 0.3 is 5.97 Å². The Morgan fingerprint density at radius 2 is 0.974 bits per heavy atom. The Morgan fingerprint density at radius 3 is 1.35 bits per heavy atom. The summed E-state index contributed by atoms with van der Waals surface area (Å²) in [5.41, 5.74) is -10.1. The predicted molar refractivity (Wildman–Crippen MR) is 419 cm³/mol. The molecule has 2 saturated heterocycles. The van der Waals surface area contributed by atoms with Gasteiger partial charge in [-0.1, -0.05) is 51.0 Å². The third kappa shape index (κ3) is 11.8. The maximum Gasteiger partial charge on any atom is 0.341 e. The summed E-state index contributed by atoms with van der Waals surface area (Å²) in [5, 5.41) is 72.6. The first-order valence-corrected chi connectivity index (χ1v) is 40.6. The van der Waals surface area contributed by atoms with Crippen LogP contribution in [0.25, 0.3) is 21.8 Å². The van der Waals surface area contributed by atoms with Crippen molar-refractivity contribution in [3.05, 3.63) is 113 Å². The highest BCUT2D eigenvalue weighted by molar-refractivity contribution is 6.05. The molecule has 4 heterocycles. The Hall–Kier alpha value is -7.76. The number of aromatic carboxylic acids is 1. The predicted octanol–water partition coefficient (Wildman–Crippen LogP) is 9.51. The monoisotopic (exact) mass is 1590 g/mol. The minimum atomic E-state index is -2.11. The highest BCUT2D eigenvalue weighted by Gasteiger charge is 2.77. The number of Topliss-reactive ketones (excluding diaryl/α,β-unsaturated/α-hetero) is 3. The fourth-order valence-corrected chi connectivity index (χ4v) is 24.0. The molecule has 2 unspecified atom stereocenters. The van der Waals surface area contributed by atoms with E-state index in [2.05, 4.69) is 10.6 Å². The van der Waals surface area contributed by atoms with Crippen LogP contribution in [0.4, 0.5) is 28.9 Å². The lowest BCUT2D eigenvalue weighted by Gasteiger charge is -2.62. The van der Waals surface area contributed by atoms with E-state index in [-0.39, 0.29) is 93.3 Å². The number of nitrogens with zero attached hydrogens (tertiary/aromatic N) is 4. The molecule has 0 spiro atoms. The van der Waals surface area contributed by atoms with Gasteiger partial charge in [-0.25, -0.2) is 22.4 Å².